The summed E-state index contributed by atoms with van der Waals surface area (Å²) in [4.78, 5) is 63.0. The Morgan fingerprint density at radius 3 is 1.38 bits per heavy atom. The molecule has 1 aliphatic rings. The molecule has 1 rings (SSSR count). The van der Waals surface area contributed by atoms with Gasteiger partial charge in [0.1, 0.15) is 18.2 Å². The number of hydrogen-bond acceptors (Lipinski definition) is 11. The van der Waals surface area contributed by atoms with Gasteiger partial charge in [0.2, 0.25) is 12.2 Å². The second kappa shape index (κ2) is 35.6. The zero-order valence-electron chi connectivity index (χ0n) is 34.0. The van der Waals surface area contributed by atoms with Gasteiger partial charge in [-0.1, -0.05) is 149 Å². The molecule has 1 saturated heterocycles. The molecule has 0 aromatic rings. The molecule has 12 nitrogen and oxygen atoms in total. The van der Waals surface area contributed by atoms with E-state index in [0.717, 1.165) is 96.3 Å². The van der Waals surface area contributed by atoms with E-state index in [-0.39, 0.29) is 78.4 Å². The third kappa shape index (κ3) is 28.5. The molecule has 1 heterocycles. The van der Waals surface area contributed by atoms with E-state index in [1.807, 2.05) is 0 Å². The van der Waals surface area contributed by atoms with Crippen LogP contribution >= 0.6 is 7.82 Å². The van der Waals surface area contributed by atoms with Crippen LogP contribution in [0.3, 0.4) is 0 Å². The van der Waals surface area contributed by atoms with Gasteiger partial charge >= 0.3 is 71.1 Å². The SMILES string of the molecule is CCCCCCCCCCCC(=O)N[C@H]1[C@H](OC(=O)CCCCCCCCC)O[C@H](CO)[C@@H](OP(=O)([O-])[O-])[C@@H]1OC(=O)CCCCCCCCC.[Na+].[Na+]. The van der Waals surface area contributed by atoms with E-state index in [1.165, 1.54) is 32.1 Å². The first-order chi connectivity index (χ1) is 24.6. The molecule has 0 radical (unpaired) electrons. The number of carbonyl (C=O) groups excluding carboxylic acids is 3. The van der Waals surface area contributed by atoms with Crippen LogP contribution in [0.4, 0.5) is 0 Å². The van der Waals surface area contributed by atoms with E-state index in [4.69, 9.17) is 18.7 Å². The van der Waals surface area contributed by atoms with Crippen LogP contribution in [0.1, 0.15) is 188 Å². The molecule has 0 bridgehead atoms. The standard InChI is InChI=1S/C38H72NO11P.2Na/c1-4-7-10-13-16-17-20-21-24-27-32(41)39-35-37(48-33(42)28-25-22-18-14-11-8-5-2)36(50-51(44,45)46)31(30-40)47-38(35)49-34(43)29-26-23-19-15-12-9-6-3;;/h31,35-38,40H,4-30H2,1-3H3,(H,39,41)(H2,44,45,46);;/q;2*+1/p-2/t31-,35-,36-,37-,38+;;/m1../s1. The van der Waals surface area contributed by atoms with Gasteiger partial charge in [-0.15, -0.1) is 0 Å². The first kappa shape index (κ1) is 55.5. The van der Waals surface area contributed by atoms with Crippen LogP contribution in [-0.4, -0.2) is 60.2 Å². The summed E-state index contributed by atoms with van der Waals surface area (Å²) in [7, 11) is -5.68. The number of rotatable bonds is 32. The number of phosphoric acid groups is 1. The molecule has 1 fully saturated rings. The first-order valence-electron chi connectivity index (χ1n) is 20.2. The Labute approximate surface area is 364 Å². The summed E-state index contributed by atoms with van der Waals surface area (Å²) in [5.41, 5.74) is 0. The number of hydrogen-bond donors (Lipinski definition) is 2. The van der Waals surface area contributed by atoms with Crippen LogP contribution in [-0.2, 0) is 37.7 Å². The average Bonchev–Trinajstić information content (AvgIpc) is 3.08. The van der Waals surface area contributed by atoms with E-state index in [9.17, 15) is 33.8 Å². The quantitative estimate of drug-likeness (QED) is 0.0430. The normalized spacial score (nSPS) is 19.8. The summed E-state index contributed by atoms with van der Waals surface area (Å²) in [5.74, 6) is -1.76. The van der Waals surface area contributed by atoms with Crippen molar-refractivity contribution in [2.75, 3.05) is 6.61 Å². The molecule has 0 saturated carbocycles. The predicted molar refractivity (Wildman–Crippen MR) is 193 cm³/mol. The molecule has 0 aromatic heterocycles. The number of unbranched alkanes of at least 4 members (excludes halogenated alkanes) is 20. The number of carbonyl (C=O) groups is 3. The van der Waals surface area contributed by atoms with Crippen molar-refractivity contribution >= 4 is 25.7 Å². The van der Waals surface area contributed by atoms with Gasteiger partial charge in [-0.05, 0) is 19.3 Å². The van der Waals surface area contributed by atoms with Crippen molar-refractivity contribution in [1.29, 1.82) is 0 Å². The third-order valence-electron chi connectivity index (χ3n) is 9.40. The van der Waals surface area contributed by atoms with Crippen LogP contribution in [0.2, 0.25) is 0 Å². The summed E-state index contributed by atoms with van der Waals surface area (Å²) in [6, 6.07) is -1.38. The van der Waals surface area contributed by atoms with Crippen LogP contribution < -0.4 is 74.2 Å². The predicted octanol–water partition coefficient (Wildman–Crippen LogP) is 1.07. The molecule has 1 amide bonds. The molecule has 0 aliphatic carbocycles. The fourth-order valence-corrected chi connectivity index (χ4v) is 6.98. The number of ether oxygens (including phenoxy) is 3. The largest absolute Gasteiger partial charge is 1.00 e. The van der Waals surface area contributed by atoms with Gasteiger partial charge in [0.05, 0.1) is 14.4 Å². The zero-order valence-corrected chi connectivity index (χ0v) is 38.8. The van der Waals surface area contributed by atoms with E-state index < -0.39 is 62.9 Å². The van der Waals surface area contributed by atoms with E-state index in [2.05, 4.69) is 26.1 Å². The molecule has 0 spiro atoms. The third-order valence-corrected chi connectivity index (χ3v) is 9.90. The van der Waals surface area contributed by atoms with Crippen LogP contribution in [0, 0.1) is 0 Å². The van der Waals surface area contributed by atoms with E-state index in [1.54, 1.807) is 0 Å². The van der Waals surface area contributed by atoms with E-state index in [0.29, 0.717) is 19.3 Å². The minimum absolute atomic E-state index is 0. The Morgan fingerprint density at radius 1 is 0.604 bits per heavy atom. The van der Waals surface area contributed by atoms with Gasteiger partial charge < -0.3 is 43.5 Å². The summed E-state index contributed by atoms with van der Waals surface area (Å²) >= 11 is 0. The molecule has 300 valence electrons. The van der Waals surface area contributed by atoms with Gasteiger partial charge in [0.25, 0.3) is 0 Å². The molecule has 5 atom stereocenters. The molecule has 53 heavy (non-hydrogen) atoms. The Kier molecular flexibility index (Phi) is 37.3. The summed E-state index contributed by atoms with van der Waals surface area (Å²) < 4.78 is 33.8. The molecule has 15 heteroatoms. The first-order valence-corrected chi connectivity index (χ1v) is 21.7. The molecule has 0 unspecified atom stereocenters. The molecular weight excluding hydrogens is 723 g/mol. The van der Waals surface area contributed by atoms with Crippen LogP contribution in [0.15, 0.2) is 0 Å². The maximum Gasteiger partial charge on any atom is 1.00 e. The Morgan fingerprint density at radius 2 is 0.981 bits per heavy atom. The summed E-state index contributed by atoms with van der Waals surface area (Å²) in [6.07, 6.45) is 17.0. The topological polar surface area (TPSA) is 184 Å². The molecule has 1 aliphatic heterocycles. The summed E-state index contributed by atoms with van der Waals surface area (Å²) in [5, 5.41) is 12.9. The molecule has 0 aromatic carbocycles. The second-order valence-electron chi connectivity index (χ2n) is 14.1. The van der Waals surface area contributed by atoms with Crippen molar-refractivity contribution in [2.24, 2.45) is 0 Å². The van der Waals surface area contributed by atoms with Crippen LogP contribution in [0.5, 0.6) is 0 Å². The Hall–Kier alpha value is 0.440. The molecular formula is C38H70NNa2O11P. The number of phosphoric ester groups is 1. The van der Waals surface area contributed by atoms with Crippen molar-refractivity contribution in [2.45, 2.75) is 218 Å². The minimum atomic E-state index is -5.68. The maximum absolute atomic E-state index is 13.2. The number of amides is 1. The zero-order chi connectivity index (χ0) is 37.7. The van der Waals surface area contributed by atoms with Gasteiger partial charge in [-0.25, -0.2) is 0 Å². The van der Waals surface area contributed by atoms with Crippen LogP contribution in [0.25, 0.3) is 0 Å². The fraction of sp³-hybridized carbons (Fsp3) is 0.921. The monoisotopic (exact) mass is 793 g/mol. The number of nitrogens with one attached hydrogen (secondary N) is 1. The number of aliphatic hydroxyl groups is 1. The van der Waals surface area contributed by atoms with Gasteiger partial charge in [-0.3, -0.25) is 14.4 Å². The Bertz CT molecular complexity index is 974. The number of esters is 2. The van der Waals surface area contributed by atoms with Crippen molar-refractivity contribution in [3.63, 3.8) is 0 Å². The molecule has 2 N–H and O–H groups in total. The van der Waals surface area contributed by atoms with Gasteiger partial charge in [0, 0.05) is 19.3 Å². The second-order valence-corrected chi connectivity index (χ2v) is 15.2. The van der Waals surface area contributed by atoms with Gasteiger partial charge in [0.15, 0.2) is 6.10 Å². The maximum atomic E-state index is 13.2. The smallest absolute Gasteiger partial charge is 0.790 e. The van der Waals surface area contributed by atoms with Crippen molar-refractivity contribution < 1.29 is 112 Å². The fourth-order valence-electron chi connectivity index (χ4n) is 6.43. The number of aliphatic hydroxyl groups excluding tert-OH is 1. The summed E-state index contributed by atoms with van der Waals surface area (Å²) in [6.45, 7) is 5.63. The van der Waals surface area contributed by atoms with Crippen molar-refractivity contribution in [1.82, 2.24) is 5.32 Å². The Balaban J connectivity index is 0. The van der Waals surface area contributed by atoms with E-state index >= 15 is 0 Å². The minimum Gasteiger partial charge on any atom is -0.790 e. The van der Waals surface area contributed by atoms with Gasteiger partial charge in [-0.2, -0.15) is 0 Å². The van der Waals surface area contributed by atoms with Crippen molar-refractivity contribution in [3.05, 3.63) is 0 Å². The average molecular weight is 794 g/mol. The van der Waals surface area contributed by atoms with Crippen molar-refractivity contribution in [3.8, 4) is 0 Å².